The van der Waals surface area contributed by atoms with Gasteiger partial charge in [-0.05, 0) is 49.2 Å². The standard InChI is InChI=1S/C29H28N6O2/c36-28(30-22-11-9-10-21(18-22)29-33-32-26-16-5-2-8-17-34(26)29)19-35-25-15-7-6-14-24(25)31-27(35)20-37-23-12-3-1-4-13-23/h1,3-4,6-7,9-15,18H,2,5,8,16-17,19-20H2,(H,30,36). The zero-order chi connectivity index (χ0) is 25.0. The van der Waals surface area contributed by atoms with Crippen molar-refractivity contribution in [1.29, 1.82) is 0 Å². The second kappa shape index (κ2) is 10.3. The second-order valence-corrected chi connectivity index (χ2v) is 9.24. The van der Waals surface area contributed by atoms with Gasteiger partial charge in [0.25, 0.3) is 0 Å². The average molecular weight is 493 g/mol. The number of rotatable bonds is 7. The summed E-state index contributed by atoms with van der Waals surface area (Å²) < 4.78 is 10.1. The lowest BCUT2D eigenvalue weighted by Crippen LogP contribution is -2.20. The molecule has 1 aliphatic rings. The number of nitrogens with one attached hydrogen (secondary N) is 1. The summed E-state index contributed by atoms with van der Waals surface area (Å²) in [5, 5.41) is 11.9. The minimum Gasteiger partial charge on any atom is -0.486 e. The van der Waals surface area contributed by atoms with Gasteiger partial charge in [-0.15, -0.1) is 10.2 Å². The Morgan fingerprint density at radius 3 is 2.70 bits per heavy atom. The summed E-state index contributed by atoms with van der Waals surface area (Å²) in [6, 6.07) is 25.2. The third-order valence-corrected chi connectivity index (χ3v) is 6.66. The SMILES string of the molecule is O=C(Cn1c(COc2ccccc2)nc2ccccc21)Nc1cccc(-c2nnc3n2CCCCC3)c1. The molecule has 0 bridgehead atoms. The van der Waals surface area contributed by atoms with Gasteiger partial charge in [0.2, 0.25) is 5.91 Å². The average Bonchev–Trinajstić information content (AvgIpc) is 3.40. The molecular weight excluding hydrogens is 464 g/mol. The summed E-state index contributed by atoms with van der Waals surface area (Å²) in [5.74, 6) is 3.21. The Balaban J connectivity index is 1.21. The summed E-state index contributed by atoms with van der Waals surface area (Å²) in [6.45, 7) is 1.31. The largest absolute Gasteiger partial charge is 0.486 e. The molecule has 0 atom stereocenters. The molecule has 6 rings (SSSR count). The van der Waals surface area contributed by atoms with E-state index in [-0.39, 0.29) is 19.1 Å². The number of carbonyl (C=O) groups is 1. The van der Waals surface area contributed by atoms with Crippen molar-refractivity contribution in [2.75, 3.05) is 5.32 Å². The number of nitrogens with zero attached hydrogens (tertiary/aromatic N) is 5. The van der Waals surface area contributed by atoms with Gasteiger partial charge in [0, 0.05) is 24.2 Å². The van der Waals surface area contributed by atoms with Crippen LogP contribution in [0.15, 0.2) is 78.9 Å². The molecule has 0 saturated carbocycles. The van der Waals surface area contributed by atoms with Gasteiger partial charge in [-0.25, -0.2) is 4.98 Å². The third-order valence-electron chi connectivity index (χ3n) is 6.66. The van der Waals surface area contributed by atoms with Crippen LogP contribution in [0, 0.1) is 0 Å². The summed E-state index contributed by atoms with van der Waals surface area (Å²) >= 11 is 0. The number of anilines is 1. The molecule has 5 aromatic rings. The molecule has 1 N–H and O–H groups in total. The van der Waals surface area contributed by atoms with E-state index < -0.39 is 0 Å². The van der Waals surface area contributed by atoms with Crippen LogP contribution in [-0.4, -0.2) is 30.2 Å². The molecule has 186 valence electrons. The fourth-order valence-electron chi connectivity index (χ4n) is 4.86. The number of fused-ring (bicyclic) bond motifs is 2. The minimum absolute atomic E-state index is 0.124. The predicted octanol–water partition coefficient (Wildman–Crippen LogP) is 5.24. The van der Waals surface area contributed by atoms with Crippen LogP contribution in [0.2, 0.25) is 0 Å². The first kappa shape index (κ1) is 23.0. The van der Waals surface area contributed by atoms with Crippen LogP contribution in [0.25, 0.3) is 22.4 Å². The Hall–Kier alpha value is -4.46. The summed E-state index contributed by atoms with van der Waals surface area (Å²) in [4.78, 5) is 17.9. The number of carbonyl (C=O) groups excluding carboxylic acids is 1. The molecule has 37 heavy (non-hydrogen) atoms. The van der Waals surface area contributed by atoms with E-state index in [0.717, 1.165) is 65.5 Å². The van der Waals surface area contributed by atoms with Crippen LogP contribution in [0.5, 0.6) is 5.75 Å². The maximum absolute atomic E-state index is 13.2. The number of hydrogen-bond donors (Lipinski definition) is 1. The van der Waals surface area contributed by atoms with Gasteiger partial charge in [-0.1, -0.05) is 48.9 Å². The van der Waals surface area contributed by atoms with Crippen molar-refractivity contribution < 1.29 is 9.53 Å². The van der Waals surface area contributed by atoms with Gasteiger partial charge in [0.15, 0.2) is 5.82 Å². The van der Waals surface area contributed by atoms with Crippen LogP contribution in [0.4, 0.5) is 5.69 Å². The quantitative estimate of drug-likeness (QED) is 0.336. The highest BCUT2D eigenvalue weighted by Crippen LogP contribution is 2.25. The summed E-state index contributed by atoms with van der Waals surface area (Å²) in [6.07, 6.45) is 4.44. The van der Waals surface area contributed by atoms with Gasteiger partial charge in [-0.3, -0.25) is 4.79 Å². The first-order valence-corrected chi connectivity index (χ1v) is 12.7. The number of ether oxygens (including phenoxy) is 1. The Morgan fingerprint density at radius 2 is 1.78 bits per heavy atom. The van der Waals surface area contributed by atoms with Crippen molar-refractivity contribution in [2.24, 2.45) is 0 Å². The van der Waals surface area contributed by atoms with Gasteiger partial charge < -0.3 is 19.2 Å². The third kappa shape index (κ3) is 4.95. The van der Waals surface area contributed by atoms with Gasteiger partial charge in [0.05, 0.1) is 11.0 Å². The molecule has 0 spiro atoms. The van der Waals surface area contributed by atoms with Gasteiger partial charge in [-0.2, -0.15) is 0 Å². The Kier molecular flexibility index (Phi) is 6.37. The Labute approximate surface area is 214 Å². The Bertz CT molecular complexity index is 1540. The molecule has 0 fully saturated rings. The van der Waals surface area contributed by atoms with E-state index in [4.69, 9.17) is 9.72 Å². The maximum Gasteiger partial charge on any atom is 0.244 e. The first-order chi connectivity index (χ1) is 18.2. The molecule has 2 aromatic heterocycles. The lowest BCUT2D eigenvalue weighted by molar-refractivity contribution is -0.116. The molecule has 0 radical (unpaired) electrons. The lowest BCUT2D eigenvalue weighted by atomic mass is 10.2. The van der Waals surface area contributed by atoms with Crippen molar-refractivity contribution in [3.8, 4) is 17.1 Å². The van der Waals surface area contributed by atoms with E-state index in [9.17, 15) is 4.79 Å². The number of aryl methyl sites for hydroxylation is 1. The monoisotopic (exact) mass is 492 g/mol. The normalized spacial score (nSPS) is 13.2. The zero-order valence-electron chi connectivity index (χ0n) is 20.5. The van der Waals surface area contributed by atoms with Crippen molar-refractivity contribution >= 4 is 22.6 Å². The Morgan fingerprint density at radius 1 is 0.919 bits per heavy atom. The predicted molar refractivity (Wildman–Crippen MR) is 142 cm³/mol. The smallest absolute Gasteiger partial charge is 0.244 e. The summed E-state index contributed by atoms with van der Waals surface area (Å²) in [5.41, 5.74) is 3.39. The van der Waals surface area contributed by atoms with Gasteiger partial charge in [0.1, 0.15) is 30.5 Å². The molecule has 3 heterocycles. The summed E-state index contributed by atoms with van der Waals surface area (Å²) in [7, 11) is 0. The number of para-hydroxylation sites is 3. The lowest BCUT2D eigenvalue weighted by Gasteiger charge is -2.12. The highest BCUT2D eigenvalue weighted by atomic mass is 16.5. The van der Waals surface area contributed by atoms with Gasteiger partial charge >= 0.3 is 0 Å². The number of amides is 1. The molecule has 8 heteroatoms. The van der Waals surface area contributed by atoms with E-state index in [0.29, 0.717) is 5.82 Å². The van der Waals surface area contributed by atoms with Crippen molar-refractivity contribution in [1.82, 2.24) is 24.3 Å². The highest BCUT2D eigenvalue weighted by molar-refractivity contribution is 5.92. The van der Waals surface area contributed by atoms with Crippen LogP contribution < -0.4 is 10.1 Å². The van der Waals surface area contributed by atoms with Crippen LogP contribution in [0.1, 0.15) is 30.9 Å². The topological polar surface area (TPSA) is 86.9 Å². The van der Waals surface area contributed by atoms with E-state index in [1.54, 1.807) is 0 Å². The molecule has 3 aromatic carbocycles. The molecular formula is C29H28N6O2. The van der Waals surface area contributed by atoms with Crippen molar-refractivity contribution in [2.45, 2.75) is 45.4 Å². The van der Waals surface area contributed by atoms with E-state index in [1.807, 2.05) is 83.4 Å². The fourth-order valence-corrected chi connectivity index (χ4v) is 4.86. The minimum atomic E-state index is -0.138. The van der Waals surface area contributed by atoms with Crippen molar-refractivity contribution in [3.05, 3.63) is 90.5 Å². The van der Waals surface area contributed by atoms with E-state index in [1.165, 1.54) is 6.42 Å². The van der Waals surface area contributed by atoms with Crippen LogP contribution in [0.3, 0.4) is 0 Å². The molecule has 1 aliphatic heterocycles. The van der Waals surface area contributed by atoms with Crippen molar-refractivity contribution in [3.63, 3.8) is 0 Å². The molecule has 8 nitrogen and oxygen atoms in total. The zero-order valence-corrected chi connectivity index (χ0v) is 20.5. The molecule has 1 amide bonds. The van der Waals surface area contributed by atoms with Crippen LogP contribution in [-0.2, 0) is 30.9 Å². The van der Waals surface area contributed by atoms with E-state index in [2.05, 4.69) is 20.1 Å². The number of benzene rings is 3. The number of imidazole rings is 1. The van der Waals surface area contributed by atoms with Crippen LogP contribution >= 0.6 is 0 Å². The number of aromatic nitrogens is 5. The molecule has 0 saturated heterocycles. The molecule has 0 unspecified atom stereocenters. The first-order valence-electron chi connectivity index (χ1n) is 12.7. The fraction of sp³-hybridized carbons (Fsp3) is 0.241. The highest BCUT2D eigenvalue weighted by Gasteiger charge is 2.18. The maximum atomic E-state index is 13.2. The molecule has 0 aliphatic carbocycles. The number of hydrogen-bond acceptors (Lipinski definition) is 5. The second-order valence-electron chi connectivity index (χ2n) is 9.24. The van der Waals surface area contributed by atoms with E-state index >= 15 is 0 Å².